The van der Waals surface area contributed by atoms with Crippen molar-refractivity contribution >= 4 is 6.03 Å². The van der Waals surface area contributed by atoms with Crippen LogP contribution in [-0.4, -0.2) is 63.4 Å². The minimum atomic E-state index is -4.39. The summed E-state index contributed by atoms with van der Waals surface area (Å²) in [6, 6.07) is 17.3. The summed E-state index contributed by atoms with van der Waals surface area (Å²) in [5, 5.41) is 17.5. The summed E-state index contributed by atoms with van der Waals surface area (Å²) in [7, 11) is 0. The highest BCUT2D eigenvalue weighted by molar-refractivity contribution is 5.75. The standard InChI is InChI=1S/C28H31F3N4O2/c29-28(30,31)23-8-6-20(7-9-23)21-15-22(18-35(17-21)27(37)34-12-10-25(36)11-13-34)26-16-24(32-33-26)14-19-4-2-1-3-5-19/h1-9,16,21-22,25,36H,10-15,17-18H2,(H,32,33). The van der Waals surface area contributed by atoms with Gasteiger partial charge in [-0.1, -0.05) is 42.5 Å². The molecule has 2 aliphatic rings. The van der Waals surface area contributed by atoms with Crippen molar-refractivity contribution in [3.05, 3.63) is 88.7 Å². The molecule has 2 aliphatic heterocycles. The molecule has 0 bridgehead atoms. The monoisotopic (exact) mass is 512 g/mol. The van der Waals surface area contributed by atoms with Gasteiger partial charge < -0.3 is 14.9 Å². The van der Waals surface area contributed by atoms with Gasteiger partial charge in [0.25, 0.3) is 0 Å². The van der Waals surface area contributed by atoms with E-state index < -0.39 is 11.7 Å². The minimum absolute atomic E-state index is 0.0545. The van der Waals surface area contributed by atoms with Crippen LogP contribution in [0.4, 0.5) is 18.0 Å². The molecule has 196 valence electrons. The molecule has 0 aliphatic carbocycles. The normalized spacial score (nSPS) is 21.3. The first-order chi connectivity index (χ1) is 17.8. The van der Waals surface area contributed by atoms with Crippen LogP contribution in [0.1, 0.15) is 59.2 Å². The van der Waals surface area contributed by atoms with Crippen molar-refractivity contribution in [2.24, 2.45) is 0 Å². The van der Waals surface area contributed by atoms with Crippen LogP contribution in [0.15, 0.2) is 60.7 Å². The molecular weight excluding hydrogens is 481 g/mol. The summed E-state index contributed by atoms with van der Waals surface area (Å²) in [4.78, 5) is 17.0. The van der Waals surface area contributed by atoms with Gasteiger partial charge in [-0.3, -0.25) is 5.10 Å². The van der Waals surface area contributed by atoms with Gasteiger partial charge in [0.2, 0.25) is 0 Å². The molecule has 6 nitrogen and oxygen atoms in total. The van der Waals surface area contributed by atoms with Gasteiger partial charge in [-0.05, 0) is 48.6 Å². The van der Waals surface area contributed by atoms with Crippen LogP contribution < -0.4 is 0 Å². The third-order valence-electron chi connectivity index (χ3n) is 7.47. The second kappa shape index (κ2) is 10.6. The Morgan fingerprint density at radius 1 is 0.973 bits per heavy atom. The number of carbonyl (C=O) groups excluding carboxylic acids is 1. The van der Waals surface area contributed by atoms with Crippen molar-refractivity contribution in [2.45, 2.75) is 49.8 Å². The molecule has 2 aromatic carbocycles. The van der Waals surface area contributed by atoms with Gasteiger partial charge in [0.1, 0.15) is 0 Å². The van der Waals surface area contributed by atoms with Gasteiger partial charge in [0, 0.05) is 50.1 Å². The van der Waals surface area contributed by atoms with Crippen LogP contribution in [0, 0.1) is 0 Å². The van der Waals surface area contributed by atoms with Gasteiger partial charge in [0.15, 0.2) is 0 Å². The zero-order valence-corrected chi connectivity index (χ0v) is 20.5. The average molecular weight is 513 g/mol. The summed E-state index contributed by atoms with van der Waals surface area (Å²) in [5.74, 6) is -0.171. The number of urea groups is 1. The van der Waals surface area contributed by atoms with Crippen molar-refractivity contribution in [1.82, 2.24) is 20.0 Å². The van der Waals surface area contributed by atoms with Crippen LogP contribution in [0.2, 0.25) is 0 Å². The number of benzene rings is 2. The van der Waals surface area contributed by atoms with E-state index in [2.05, 4.69) is 22.3 Å². The fraction of sp³-hybridized carbons (Fsp3) is 0.429. The Morgan fingerprint density at radius 3 is 2.32 bits per heavy atom. The number of nitrogens with one attached hydrogen (secondary N) is 1. The summed E-state index contributed by atoms with van der Waals surface area (Å²) in [6.07, 6.45) is -2.28. The summed E-state index contributed by atoms with van der Waals surface area (Å²) < 4.78 is 39.4. The highest BCUT2D eigenvalue weighted by Crippen LogP contribution is 2.37. The topological polar surface area (TPSA) is 72.5 Å². The lowest BCUT2D eigenvalue weighted by molar-refractivity contribution is -0.137. The number of rotatable bonds is 4. The summed E-state index contributed by atoms with van der Waals surface area (Å²) >= 11 is 0. The molecule has 5 rings (SSSR count). The Morgan fingerprint density at radius 2 is 1.65 bits per heavy atom. The number of carbonyl (C=O) groups is 1. The number of amides is 2. The Hall–Kier alpha value is -3.33. The van der Waals surface area contributed by atoms with E-state index in [1.165, 1.54) is 12.1 Å². The molecular formula is C28H31F3N4O2. The lowest BCUT2D eigenvalue weighted by Crippen LogP contribution is -2.51. The van der Waals surface area contributed by atoms with Crippen LogP contribution >= 0.6 is 0 Å². The predicted octanol–water partition coefficient (Wildman–Crippen LogP) is 5.17. The third kappa shape index (κ3) is 5.98. The number of piperidine rings is 2. The van der Waals surface area contributed by atoms with Crippen molar-refractivity contribution in [1.29, 1.82) is 0 Å². The Bertz CT molecular complexity index is 1190. The molecule has 3 aromatic rings. The summed E-state index contributed by atoms with van der Waals surface area (Å²) in [5.41, 5.74) is 3.09. The second-order valence-electron chi connectivity index (χ2n) is 10.1. The van der Waals surface area contributed by atoms with Crippen LogP contribution in [0.3, 0.4) is 0 Å². The van der Waals surface area contributed by atoms with Gasteiger partial charge in [-0.15, -0.1) is 0 Å². The average Bonchev–Trinajstić information content (AvgIpc) is 3.37. The SMILES string of the molecule is O=C(N1CCC(O)CC1)N1CC(c2ccc(C(F)(F)F)cc2)CC(c2cc(Cc3ccccc3)[nH]n2)C1. The number of aromatic nitrogens is 2. The number of aliphatic hydroxyl groups is 1. The molecule has 37 heavy (non-hydrogen) atoms. The maximum atomic E-state index is 13.4. The second-order valence-corrected chi connectivity index (χ2v) is 10.1. The van der Waals surface area contributed by atoms with Crippen LogP contribution in [0.5, 0.6) is 0 Å². The van der Waals surface area contributed by atoms with Gasteiger partial charge >= 0.3 is 12.2 Å². The quantitative estimate of drug-likeness (QED) is 0.507. The van der Waals surface area contributed by atoms with Crippen LogP contribution in [-0.2, 0) is 12.6 Å². The largest absolute Gasteiger partial charge is 0.416 e. The molecule has 0 spiro atoms. The van der Waals surface area contributed by atoms with E-state index in [1.807, 2.05) is 24.3 Å². The molecule has 2 unspecified atom stereocenters. The fourth-order valence-electron chi connectivity index (χ4n) is 5.41. The first kappa shape index (κ1) is 25.3. The number of hydrogen-bond donors (Lipinski definition) is 2. The number of aliphatic hydroxyl groups excluding tert-OH is 1. The Labute approximate surface area is 214 Å². The molecule has 2 saturated heterocycles. The third-order valence-corrected chi connectivity index (χ3v) is 7.47. The van der Waals surface area contributed by atoms with Gasteiger partial charge in [-0.2, -0.15) is 18.3 Å². The number of hydrogen-bond acceptors (Lipinski definition) is 3. The molecule has 2 fully saturated rings. The maximum Gasteiger partial charge on any atom is 0.416 e. The van der Waals surface area contributed by atoms with Gasteiger partial charge in [0.05, 0.1) is 17.4 Å². The summed E-state index contributed by atoms with van der Waals surface area (Å²) in [6.45, 7) is 1.91. The fourth-order valence-corrected chi connectivity index (χ4v) is 5.41. The minimum Gasteiger partial charge on any atom is -0.393 e. The zero-order valence-electron chi connectivity index (χ0n) is 20.5. The molecule has 1 aromatic heterocycles. The van der Waals surface area contributed by atoms with Crippen molar-refractivity contribution in [3.63, 3.8) is 0 Å². The van der Waals surface area contributed by atoms with Crippen LogP contribution in [0.25, 0.3) is 0 Å². The van der Waals surface area contributed by atoms with Gasteiger partial charge in [-0.25, -0.2) is 4.79 Å². The number of likely N-dealkylation sites (tertiary alicyclic amines) is 2. The first-order valence-corrected chi connectivity index (χ1v) is 12.7. The number of aromatic amines is 1. The lowest BCUT2D eigenvalue weighted by Gasteiger charge is -2.41. The van der Waals surface area contributed by atoms with E-state index in [0.717, 1.165) is 34.6 Å². The van der Waals surface area contributed by atoms with E-state index in [1.54, 1.807) is 9.80 Å². The zero-order chi connectivity index (χ0) is 26.0. The first-order valence-electron chi connectivity index (χ1n) is 12.7. The predicted molar refractivity (Wildman–Crippen MR) is 133 cm³/mol. The van der Waals surface area contributed by atoms with E-state index in [4.69, 9.17) is 0 Å². The molecule has 2 amide bonds. The van der Waals surface area contributed by atoms with E-state index >= 15 is 0 Å². The number of alkyl halides is 3. The Balaban J connectivity index is 1.37. The highest BCUT2D eigenvalue weighted by atomic mass is 19.4. The molecule has 9 heteroatoms. The van der Waals surface area contributed by atoms with Crippen molar-refractivity contribution < 1.29 is 23.1 Å². The number of halogens is 3. The number of nitrogens with zero attached hydrogens (tertiary/aromatic N) is 3. The lowest BCUT2D eigenvalue weighted by atomic mass is 9.82. The number of H-pyrrole nitrogens is 1. The van der Waals surface area contributed by atoms with E-state index in [0.29, 0.717) is 51.9 Å². The molecule has 3 heterocycles. The van der Waals surface area contributed by atoms with Crippen molar-refractivity contribution in [3.8, 4) is 0 Å². The van der Waals surface area contributed by atoms with E-state index in [-0.39, 0.29) is 24.0 Å². The molecule has 0 radical (unpaired) electrons. The van der Waals surface area contributed by atoms with E-state index in [9.17, 15) is 23.1 Å². The molecule has 2 atom stereocenters. The highest BCUT2D eigenvalue weighted by Gasteiger charge is 2.36. The molecule has 2 N–H and O–H groups in total. The smallest absolute Gasteiger partial charge is 0.393 e. The van der Waals surface area contributed by atoms with Crippen molar-refractivity contribution in [2.75, 3.05) is 26.2 Å². The molecule has 0 saturated carbocycles. The Kier molecular flexibility index (Phi) is 7.24. The maximum absolute atomic E-state index is 13.4.